The molecule has 119 heavy (non-hydrogen) atoms. The van der Waals surface area contributed by atoms with Crippen LogP contribution in [0.5, 0.6) is 11.5 Å². The van der Waals surface area contributed by atoms with Crippen LogP contribution < -0.4 is 19.3 Å². The molecular weight excluding hydrogens is 1470 g/mol. The van der Waals surface area contributed by atoms with Crippen molar-refractivity contribution < 1.29 is 22.6 Å². The molecule has 0 radical (unpaired) electrons. The molecule has 0 atom stereocenters. The maximum atomic E-state index is 12.8. The zero-order valence-electron chi connectivity index (χ0n) is 65.0. The van der Waals surface area contributed by atoms with E-state index in [-0.39, 0.29) is 5.75 Å². The zero-order valence-corrected chi connectivity index (χ0v) is 65.0. The highest BCUT2D eigenvalue weighted by molar-refractivity contribution is 6.10. The standard InChI is InChI=1S/C55H37F3N2O.C55H40N2O/c56-55(57,58)61-50-35-27-43(28-36-50)42-23-31-47(32-24-42)59(46-29-21-41(22-30-46)40-19-17-39(18-20-40)38-9-2-1-3-10-38)48-33-25-44(26-34-48)45-11-8-12-49(37-45)60-53-15-6-4-13-51(53)52-14-5-7-16-54(52)60;1-58-51-36-28-44(29-37-51)43-24-32-48(33-25-43)56(47-30-22-42(23-31-47)41-20-18-40(19-21-41)39-10-3-2-4-11-39)49-34-26-45(27-35-49)46-12-9-13-50(38-46)57-54-16-7-5-14-52(54)53-15-6-8-17-55(53)57/h1-37H;2-38H,1H3. The summed E-state index contributed by atoms with van der Waals surface area (Å²) in [5.41, 5.74) is 31.0. The zero-order chi connectivity index (χ0) is 80.2. The topological polar surface area (TPSA) is 34.8 Å². The first kappa shape index (κ1) is 73.7. The highest BCUT2D eigenvalue weighted by Crippen LogP contribution is 2.43. The van der Waals surface area contributed by atoms with Gasteiger partial charge in [-0.25, -0.2) is 0 Å². The summed E-state index contributed by atoms with van der Waals surface area (Å²) in [6.45, 7) is 0. The fraction of sp³-hybridized carbons (Fsp3) is 0.0182. The number of halogens is 3. The number of ether oxygens (including phenoxy) is 2. The van der Waals surface area contributed by atoms with Crippen LogP contribution in [0.15, 0.2) is 449 Å². The van der Waals surface area contributed by atoms with Crippen molar-refractivity contribution in [1.29, 1.82) is 0 Å². The van der Waals surface area contributed by atoms with Crippen molar-refractivity contribution >= 4 is 77.7 Å². The van der Waals surface area contributed by atoms with Crippen molar-refractivity contribution in [3.05, 3.63) is 449 Å². The number of fused-ring (bicyclic) bond motifs is 6. The average molecular weight is 1540 g/mol. The lowest BCUT2D eigenvalue weighted by molar-refractivity contribution is -0.274. The summed E-state index contributed by atoms with van der Waals surface area (Å²) in [5.74, 6) is 0.598. The quantitative estimate of drug-likeness (QED) is 0.0858. The molecule has 20 aromatic rings. The number of alkyl halides is 3. The Hall–Kier alpha value is -15.5. The maximum absolute atomic E-state index is 12.8. The Morgan fingerprint density at radius 3 is 0.655 bits per heavy atom. The van der Waals surface area contributed by atoms with Gasteiger partial charge in [0.2, 0.25) is 0 Å². The highest BCUT2D eigenvalue weighted by Gasteiger charge is 2.31. The van der Waals surface area contributed by atoms with Gasteiger partial charge in [0.05, 0.1) is 29.2 Å². The monoisotopic (exact) mass is 1540 g/mol. The van der Waals surface area contributed by atoms with E-state index in [0.717, 1.165) is 101 Å². The van der Waals surface area contributed by atoms with Crippen molar-refractivity contribution in [2.24, 2.45) is 0 Å². The number of benzene rings is 18. The molecule has 0 saturated heterocycles. The third-order valence-electron chi connectivity index (χ3n) is 22.3. The number of aromatic nitrogens is 2. The fourth-order valence-corrected chi connectivity index (χ4v) is 16.4. The molecule has 2 heterocycles. The number of para-hydroxylation sites is 4. The van der Waals surface area contributed by atoms with Crippen molar-refractivity contribution in [2.45, 2.75) is 6.36 Å². The normalized spacial score (nSPS) is 11.4. The van der Waals surface area contributed by atoms with Crippen LogP contribution in [-0.4, -0.2) is 22.6 Å². The lowest BCUT2D eigenvalue weighted by Crippen LogP contribution is -2.16. The van der Waals surface area contributed by atoms with Gasteiger partial charge in [-0.2, -0.15) is 0 Å². The summed E-state index contributed by atoms with van der Waals surface area (Å²) in [5, 5.41) is 4.98. The number of rotatable bonds is 18. The predicted octanol–water partition coefficient (Wildman–Crippen LogP) is 30.8. The van der Waals surface area contributed by atoms with E-state index in [2.05, 4.69) is 406 Å². The van der Waals surface area contributed by atoms with Crippen LogP contribution in [0.1, 0.15) is 0 Å². The second-order valence-corrected chi connectivity index (χ2v) is 29.5. The van der Waals surface area contributed by atoms with Crippen LogP contribution in [0, 0.1) is 0 Å². The molecule has 6 nitrogen and oxygen atoms in total. The molecule has 2 aromatic heterocycles. The van der Waals surface area contributed by atoms with E-state index in [1.807, 2.05) is 42.5 Å². The number of methoxy groups -OCH3 is 1. The van der Waals surface area contributed by atoms with Crippen LogP contribution >= 0.6 is 0 Å². The van der Waals surface area contributed by atoms with Crippen molar-refractivity contribution in [2.75, 3.05) is 16.9 Å². The van der Waals surface area contributed by atoms with Gasteiger partial charge >= 0.3 is 6.36 Å². The molecular formula is C110H77F3N4O2. The lowest BCUT2D eigenvalue weighted by Gasteiger charge is -2.26. The number of nitrogens with zero attached hydrogens (tertiary/aromatic N) is 4. The van der Waals surface area contributed by atoms with Crippen molar-refractivity contribution in [1.82, 2.24) is 9.13 Å². The summed E-state index contributed by atoms with van der Waals surface area (Å²) in [7, 11) is 1.70. The molecule has 9 heteroatoms. The van der Waals surface area contributed by atoms with Gasteiger partial charge in [-0.15, -0.1) is 13.2 Å². The Balaban J connectivity index is 0.000000158. The van der Waals surface area contributed by atoms with Crippen LogP contribution in [-0.2, 0) is 0 Å². The van der Waals surface area contributed by atoms with Crippen LogP contribution in [0.3, 0.4) is 0 Å². The summed E-state index contributed by atoms with van der Waals surface area (Å²) in [6.07, 6.45) is -4.74. The van der Waals surface area contributed by atoms with Gasteiger partial charge in [-0.05, 0) is 235 Å². The van der Waals surface area contributed by atoms with E-state index in [1.54, 1.807) is 19.2 Å². The number of hydrogen-bond acceptors (Lipinski definition) is 4. The van der Waals surface area contributed by atoms with Crippen LogP contribution in [0.4, 0.5) is 47.3 Å². The third kappa shape index (κ3) is 15.4. The molecule has 0 N–H and O–H groups in total. The maximum Gasteiger partial charge on any atom is 0.573 e. The van der Waals surface area contributed by atoms with E-state index in [0.29, 0.717) is 0 Å². The predicted molar refractivity (Wildman–Crippen MR) is 488 cm³/mol. The van der Waals surface area contributed by atoms with Gasteiger partial charge in [0, 0.05) is 67.0 Å². The Kier molecular flexibility index (Phi) is 20.1. The minimum Gasteiger partial charge on any atom is -0.497 e. The van der Waals surface area contributed by atoms with Crippen molar-refractivity contribution in [3.8, 4) is 112 Å². The lowest BCUT2D eigenvalue weighted by atomic mass is 10.00. The molecule has 0 unspecified atom stereocenters. The molecule has 0 aliphatic rings. The fourth-order valence-electron chi connectivity index (χ4n) is 16.4. The molecule has 0 fully saturated rings. The molecule has 20 rings (SSSR count). The highest BCUT2D eigenvalue weighted by atomic mass is 19.4. The average Bonchev–Trinajstić information content (AvgIpc) is 1.59. The van der Waals surface area contributed by atoms with Gasteiger partial charge < -0.3 is 28.4 Å². The second kappa shape index (κ2) is 32.4. The van der Waals surface area contributed by atoms with E-state index in [9.17, 15) is 13.2 Å². The molecule has 570 valence electrons. The molecule has 0 bridgehead atoms. The smallest absolute Gasteiger partial charge is 0.497 e. The largest absolute Gasteiger partial charge is 0.573 e. The molecule has 0 aliphatic carbocycles. The van der Waals surface area contributed by atoms with Gasteiger partial charge in [0.15, 0.2) is 0 Å². The molecule has 0 spiro atoms. The van der Waals surface area contributed by atoms with Crippen LogP contribution in [0.2, 0.25) is 0 Å². The Labute approximate surface area is 689 Å². The Morgan fingerprint density at radius 2 is 0.403 bits per heavy atom. The van der Waals surface area contributed by atoms with E-state index < -0.39 is 6.36 Å². The first-order chi connectivity index (χ1) is 58.5. The first-order valence-corrected chi connectivity index (χ1v) is 39.8. The van der Waals surface area contributed by atoms with Gasteiger partial charge in [0.25, 0.3) is 0 Å². The third-order valence-corrected chi connectivity index (χ3v) is 22.3. The molecule has 0 saturated carbocycles. The summed E-state index contributed by atoms with van der Waals surface area (Å²) >= 11 is 0. The van der Waals surface area contributed by atoms with E-state index in [1.165, 1.54) is 94.7 Å². The minimum atomic E-state index is -4.74. The van der Waals surface area contributed by atoms with E-state index in [4.69, 9.17) is 4.74 Å². The Bertz CT molecular complexity index is 6830. The van der Waals surface area contributed by atoms with Crippen LogP contribution in [0.25, 0.3) is 144 Å². The molecule has 18 aromatic carbocycles. The summed E-state index contributed by atoms with van der Waals surface area (Å²) < 4.78 is 52.6. The second-order valence-electron chi connectivity index (χ2n) is 29.5. The van der Waals surface area contributed by atoms with Crippen molar-refractivity contribution in [3.63, 3.8) is 0 Å². The molecule has 0 aliphatic heterocycles. The SMILES string of the molecule is COc1ccc(-c2ccc(N(c3ccc(-c4ccc(-c5ccccc5)cc4)cc3)c3ccc(-c4cccc(-n5c6ccccc6c6ccccc65)c4)cc3)cc2)cc1.FC(F)(F)Oc1ccc(-c2ccc(N(c3ccc(-c4ccc(-c5ccccc5)cc4)cc3)c3ccc(-c4cccc(-n5c6ccccc6c6ccccc65)c4)cc3)cc2)cc1. The van der Waals surface area contributed by atoms with E-state index >= 15 is 0 Å². The summed E-state index contributed by atoms with van der Waals surface area (Å²) in [4.78, 5) is 4.54. The van der Waals surface area contributed by atoms with Gasteiger partial charge in [-0.1, -0.05) is 303 Å². The number of hydrogen-bond donors (Lipinski definition) is 0. The number of anilines is 6. The first-order valence-electron chi connectivity index (χ1n) is 39.8. The van der Waals surface area contributed by atoms with Gasteiger partial charge in [-0.3, -0.25) is 0 Å². The summed E-state index contributed by atoms with van der Waals surface area (Å²) in [6, 6.07) is 156. The Morgan fingerprint density at radius 1 is 0.202 bits per heavy atom. The van der Waals surface area contributed by atoms with Gasteiger partial charge in [0.1, 0.15) is 11.5 Å². The molecule has 0 amide bonds. The minimum absolute atomic E-state index is 0.253.